The van der Waals surface area contributed by atoms with Crippen LogP contribution in [0.5, 0.6) is 0 Å². The predicted octanol–water partition coefficient (Wildman–Crippen LogP) is 3.25. The van der Waals surface area contributed by atoms with Gasteiger partial charge in [0.1, 0.15) is 0 Å². The van der Waals surface area contributed by atoms with Gasteiger partial charge in [-0.25, -0.2) is 0 Å². The molecule has 0 aromatic carbocycles. The molecule has 3 nitrogen and oxygen atoms in total. The Morgan fingerprint density at radius 2 is 1.61 bits per heavy atom. The van der Waals surface area contributed by atoms with Crippen molar-refractivity contribution < 1.29 is 5.11 Å². The Morgan fingerprint density at radius 1 is 1.06 bits per heavy atom. The third-order valence-electron chi connectivity index (χ3n) is 2.74. The molecule has 18 heavy (non-hydrogen) atoms. The van der Waals surface area contributed by atoms with Crippen LogP contribution >= 0.6 is 0 Å². The summed E-state index contributed by atoms with van der Waals surface area (Å²) >= 11 is 0. The lowest BCUT2D eigenvalue weighted by Crippen LogP contribution is -2.31. The van der Waals surface area contributed by atoms with Crippen molar-refractivity contribution in [3.05, 3.63) is 24.0 Å². The summed E-state index contributed by atoms with van der Waals surface area (Å²) in [5.74, 6) is 1.25. The number of nitrogens with zero attached hydrogens (tertiary/aromatic N) is 2. The summed E-state index contributed by atoms with van der Waals surface area (Å²) in [6.07, 6.45) is 1.37. The molecule has 1 aromatic rings. The van der Waals surface area contributed by atoms with Crippen LogP contribution in [-0.4, -0.2) is 23.2 Å². The second kappa shape index (κ2) is 6.74. The summed E-state index contributed by atoms with van der Waals surface area (Å²) in [5.41, 5.74) is 1.87. The first kappa shape index (κ1) is 15.0. The van der Waals surface area contributed by atoms with Crippen molar-refractivity contribution in [2.75, 3.05) is 18.0 Å². The van der Waals surface area contributed by atoms with Gasteiger partial charge in [0, 0.05) is 13.1 Å². The van der Waals surface area contributed by atoms with Crippen molar-refractivity contribution in [2.45, 2.75) is 40.7 Å². The van der Waals surface area contributed by atoms with Gasteiger partial charge in [0.05, 0.1) is 23.7 Å². The fourth-order valence-electron chi connectivity index (χ4n) is 2.00. The minimum Gasteiger partial charge on any atom is -0.387 e. The van der Waals surface area contributed by atoms with Gasteiger partial charge in [0.25, 0.3) is 0 Å². The van der Waals surface area contributed by atoms with E-state index in [0.717, 1.165) is 24.5 Å². The number of anilines is 1. The number of aliphatic hydroxyl groups excluding tert-OH is 1. The molecule has 0 fully saturated rings. The van der Waals surface area contributed by atoms with Crippen molar-refractivity contribution in [1.29, 1.82) is 0 Å². The molecule has 102 valence electrons. The highest BCUT2D eigenvalue weighted by Gasteiger charge is 2.11. The van der Waals surface area contributed by atoms with E-state index in [1.165, 1.54) is 0 Å². The Bertz CT molecular complexity index is 334. The van der Waals surface area contributed by atoms with Gasteiger partial charge in [-0.3, -0.25) is 4.98 Å². The average Bonchev–Trinajstić information content (AvgIpc) is 2.27. The van der Waals surface area contributed by atoms with Crippen molar-refractivity contribution in [1.82, 2.24) is 4.98 Å². The summed E-state index contributed by atoms with van der Waals surface area (Å²) in [6.45, 7) is 12.7. The van der Waals surface area contributed by atoms with Gasteiger partial charge in [-0.1, -0.05) is 27.7 Å². The number of hydrogen-bond acceptors (Lipinski definition) is 3. The van der Waals surface area contributed by atoms with E-state index in [9.17, 15) is 5.11 Å². The number of aromatic nitrogens is 1. The fraction of sp³-hybridized carbons (Fsp3) is 0.667. The van der Waals surface area contributed by atoms with Crippen LogP contribution in [-0.2, 0) is 0 Å². The van der Waals surface area contributed by atoms with Crippen LogP contribution in [0, 0.1) is 11.8 Å². The molecule has 0 aliphatic heterocycles. The fourth-order valence-corrected chi connectivity index (χ4v) is 2.00. The maximum atomic E-state index is 9.47. The highest BCUT2D eigenvalue weighted by Crippen LogP contribution is 2.18. The topological polar surface area (TPSA) is 36.4 Å². The zero-order valence-corrected chi connectivity index (χ0v) is 12.2. The lowest BCUT2D eigenvalue weighted by molar-refractivity contribution is 0.194. The van der Waals surface area contributed by atoms with E-state index in [4.69, 9.17) is 0 Å². The van der Waals surface area contributed by atoms with Crippen LogP contribution in [0.1, 0.15) is 46.4 Å². The van der Waals surface area contributed by atoms with Crippen molar-refractivity contribution in [3.63, 3.8) is 0 Å². The van der Waals surface area contributed by atoms with E-state index >= 15 is 0 Å². The first-order valence-corrected chi connectivity index (χ1v) is 6.79. The third-order valence-corrected chi connectivity index (χ3v) is 2.74. The van der Waals surface area contributed by atoms with Crippen molar-refractivity contribution in [2.24, 2.45) is 11.8 Å². The van der Waals surface area contributed by atoms with E-state index in [0.29, 0.717) is 11.8 Å². The minimum absolute atomic E-state index is 0.498. The normalized spacial score (nSPS) is 13.1. The molecule has 0 aliphatic carbocycles. The average molecular weight is 250 g/mol. The van der Waals surface area contributed by atoms with Crippen LogP contribution in [0.2, 0.25) is 0 Å². The number of hydrogen-bond donors (Lipinski definition) is 1. The lowest BCUT2D eigenvalue weighted by atomic mass is 10.1. The van der Waals surface area contributed by atoms with E-state index in [2.05, 4.69) is 43.6 Å². The van der Waals surface area contributed by atoms with E-state index < -0.39 is 6.10 Å². The van der Waals surface area contributed by atoms with Gasteiger partial charge in [0.2, 0.25) is 0 Å². The van der Waals surface area contributed by atoms with Gasteiger partial charge in [-0.05, 0) is 30.9 Å². The first-order valence-electron chi connectivity index (χ1n) is 6.79. The number of pyridine rings is 1. The zero-order valence-electron chi connectivity index (χ0n) is 12.2. The Labute approximate surface area is 111 Å². The molecule has 1 N–H and O–H groups in total. The Kier molecular flexibility index (Phi) is 5.60. The first-order chi connectivity index (χ1) is 8.40. The number of rotatable bonds is 6. The maximum absolute atomic E-state index is 9.47. The molecular weight excluding hydrogens is 224 g/mol. The van der Waals surface area contributed by atoms with Crippen LogP contribution < -0.4 is 4.90 Å². The minimum atomic E-state index is -0.498. The Morgan fingerprint density at radius 3 is 1.94 bits per heavy atom. The molecule has 0 amide bonds. The van der Waals surface area contributed by atoms with E-state index in [1.807, 2.05) is 12.3 Å². The molecule has 0 saturated heterocycles. The molecule has 1 aromatic heterocycles. The zero-order chi connectivity index (χ0) is 13.7. The monoisotopic (exact) mass is 250 g/mol. The van der Waals surface area contributed by atoms with Gasteiger partial charge in [0.15, 0.2) is 0 Å². The van der Waals surface area contributed by atoms with Gasteiger partial charge < -0.3 is 10.0 Å². The third kappa shape index (κ3) is 4.65. The molecule has 0 aliphatic rings. The van der Waals surface area contributed by atoms with Gasteiger partial charge >= 0.3 is 0 Å². The van der Waals surface area contributed by atoms with Gasteiger partial charge in [-0.2, -0.15) is 0 Å². The number of aliphatic hydroxyl groups is 1. The molecule has 0 spiro atoms. The predicted molar refractivity (Wildman–Crippen MR) is 76.8 cm³/mol. The van der Waals surface area contributed by atoms with Crippen LogP contribution in [0.25, 0.3) is 0 Å². The molecule has 3 heteroatoms. The van der Waals surface area contributed by atoms with Crippen LogP contribution in [0.15, 0.2) is 18.3 Å². The van der Waals surface area contributed by atoms with Crippen molar-refractivity contribution in [3.8, 4) is 0 Å². The van der Waals surface area contributed by atoms with Crippen LogP contribution in [0.3, 0.4) is 0 Å². The molecular formula is C15H26N2O. The molecule has 0 saturated carbocycles. The molecule has 1 rings (SSSR count). The van der Waals surface area contributed by atoms with E-state index in [-0.39, 0.29) is 0 Å². The van der Waals surface area contributed by atoms with Gasteiger partial charge in [-0.15, -0.1) is 0 Å². The molecule has 1 heterocycles. The molecule has 0 radical (unpaired) electrons. The summed E-state index contributed by atoms with van der Waals surface area (Å²) in [6, 6.07) is 3.97. The Hall–Kier alpha value is -1.09. The second-order valence-electron chi connectivity index (χ2n) is 5.81. The smallest absolute Gasteiger partial charge is 0.0931 e. The summed E-state index contributed by atoms with van der Waals surface area (Å²) < 4.78 is 0. The largest absolute Gasteiger partial charge is 0.387 e. The molecule has 0 bridgehead atoms. The molecule has 0 unspecified atom stereocenters. The lowest BCUT2D eigenvalue weighted by Gasteiger charge is -2.28. The quantitative estimate of drug-likeness (QED) is 0.842. The Balaban J connectivity index is 2.83. The van der Waals surface area contributed by atoms with E-state index in [1.54, 1.807) is 6.92 Å². The second-order valence-corrected chi connectivity index (χ2v) is 5.81. The molecule has 1 atom stereocenters. The highest BCUT2D eigenvalue weighted by molar-refractivity contribution is 5.44. The summed E-state index contributed by atoms with van der Waals surface area (Å²) in [7, 11) is 0. The maximum Gasteiger partial charge on any atom is 0.0931 e. The SMILES string of the molecule is CC(C)CN(CC(C)C)c1ccc([C@@H](C)O)nc1. The summed E-state index contributed by atoms with van der Waals surface area (Å²) in [4.78, 5) is 6.69. The van der Waals surface area contributed by atoms with Crippen molar-refractivity contribution >= 4 is 5.69 Å². The van der Waals surface area contributed by atoms with Crippen LogP contribution in [0.4, 0.5) is 5.69 Å². The summed E-state index contributed by atoms with van der Waals surface area (Å²) in [5, 5.41) is 9.47. The standard InChI is InChI=1S/C15H26N2O/c1-11(2)9-17(10-12(3)4)14-6-7-15(13(5)18)16-8-14/h6-8,11-13,18H,9-10H2,1-5H3/t13-/m1/s1. The highest BCUT2D eigenvalue weighted by atomic mass is 16.3.